The van der Waals surface area contributed by atoms with Gasteiger partial charge in [-0.1, -0.05) is 25.7 Å². The van der Waals surface area contributed by atoms with Crippen molar-refractivity contribution >= 4 is 11.9 Å². The quantitative estimate of drug-likeness (QED) is 0.629. The first-order chi connectivity index (χ1) is 12.1. The van der Waals surface area contributed by atoms with Gasteiger partial charge in [-0.15, -0.1) is 0 Å². The average Bonchev–Trinajstić information content (AvgIpc) is 3.19. The lowest BCUT2D eigenvalue weighted by Crippen LogP contribution is -2.56. The minimum atomic E-state index is -0.871. The molecular weight excluding hydrogens is 320 g/mol. The molecule has 2 atom stereocenters. The first-order valence-electron chi connectivity index (χ1n) is 9.15. The Morgan fingerprint density at radius 3 is 2.60 bits per heavy atom. The van der Waals surface area contributed by atoms with Crippen molar-refractivity contribution in [3.8, 4) is 0 Å². The number of methoxy groups -OCH3 is 1. The fraction of sp³-hybridized carbons (Fsp3) is 0.722. The number of carbonyl (C=O) groups is 2. The van der Waals surface area contributed by atoms with E-state index in [0.29, 0.717) is 19.4 Å². The summed E-state index contributed by atoms with van der Waals surface area (Å²) in [4.78, 5) is 25.5. The van der Waals surface area contributed by atoms with Crippen molar-refractivity contribution in [1.29, 1.82) is 0 Å². The van der Waals surface area contributed by atoms with Crippen LogP contribution in [0.4, 0.5) is 0 Å². The summed E-state index contributed by atoms with van der Waals surface area (Å²) in [6.45, 7) is 1.36. The second-order valence-electron chi connectivity index (χ2n) is 7.30. The molecule has 0 unspecified atom stereocenters. The predicted octanol–water partition coefficient (Wildman–Crippen LogP) is 1.11. The minimum Gasteiger partial charge on any atom is -0.467 e. The van der Waals surface area contributed by atoms with Crippen molar-refractivity contribution in [2.24, 2.45) is 13.0 Å². The molecule has 1 saturated carbocycles. The summed E-state index contributed by atoms with van der Waals surface area (Å²) in [6.07, 6.45) is 9.15. The number of rotatable bonds is 4. The molecule has 25 heavy (non-hydrogen) atoms. The summed E-state index contributed by atoms with van der Waals surface area (Å²) < 4.78 is 6.80. The smallest absolute Gasteiger partial charge is 0.331 e. The van der Waals surface area contributed by atoms with Crippen molar-refractivity contribution in [3.05, 3.63) is 18.0 Å². The van der Waals surface area contributed by atoms with Crippen LogP contribution in [-0.4, -0.2) is 47.4 Å². The number of ether oxygens (including phenoxy) is 1. The molecule has 0 bridgehead atoms. The zero-order chi connectivity index (χ0) is 17.9. The third-order valence-corrected chi connectivity index (χ3v) is 5.60. The van der Waals surface area contributed by atoms with Crippen LogP contribution >= 0.6 is 0 Å². The molecule has 0 aromatic carbocycles. The van der Waals surface area contributed by atoms with Gasteiger partial charge >= 0.3 is 5.97 Å². The standard InChI is InChI=1S/C18H28N4O3/c1-22-12-13(9-20-22)14-10-19-11-15(14)16(23)21-18(17(24)25-2)7-5-3-4-6-8-18/h9,12,14-15,19H,3-8,10-11H2,1-2H3,(H,21,23)/t14-,15+/m1/s1. The summed E-state index contributed by atoms with van der Waals surface area (Å²) in [5, 5.41) is 10.6. The lowest BCUT2D eigenvalue weighted by atomic mass is 9.86. The summed E-state index contributed by atoms with van der Waals surface area (Å²) in [5.41, 5.74) is 0.186. The highest BCUT2D eigenvalue weighted by molar-refractivity contribution is 5.89. The van der Waals surface area contributed by atoms with E-state index >= 15 is 0 Å². The molecule has 0 radical (unpaired) electrons. The Kier molecular flexibility index (Phi) is 5.42. The van der Waals surface area contributed by atoms with E-state index in [1.807, 2.05) is 19.4 Å². The zero-order valence-electron chi connectivity index (χ0n) is 15.1. The average molecular weight is 348 g/mol. The maximum atomic E-state index is 13.1. The van der Waals surface area contributed by atoms with Crippen LogP contribution < -0.4 is 10.6 Å². The van der Waals surface area contributed by atoms with Gasteiger partial charge in [0.25, 0.3) is 0 Å². The van der Waals surface area contributed by atoms with Crippen LogP contribution in [0.2, 0.25) is 0 Å². The molecule has 1 aliphatic carbocycles. The van der Waals surface area contributed by atoms with Crippen molar-refractivity contribution in [2.75, 3.05) is 20.2 Å². The van der Waals surface area contributed by atoms with Crippen LogP contribution in [0.25, 0.3) is 0 Å². The van der Waals surface area contributed by atoms with E-state index in [0.717, 1.165) is 37.8 Å². The fourth-order valence-corrected chi connectivity index (χ4v) is 4.17. The molecule has 2 heterocycles. The van der Waals surface area contributed by atoms with Gasteiger partial charge in [0.2, 0.25) is 5.91 Å². The van der Waals surface area contributed by atoms with E-state index < -0.39 is 5.54 Å². The van der Waals surface area contributed by atoms with E-state index in [-0.39, 0.29) is 23.7 Å². The zero-order valence-corrected chi connectivity index (χ0v) is 15.1. The SMILES string of the molecule is COC(=O)C1(NC(=O)[C@H]2CNC[C@@H]2c2cnn(C)c2)CCCCCC1. The lowest BCUT2D eigenvalue weighted by Gasteiger charge is -2.32. The normalized spacial score (nSPS) is 26.0. The first-order valence-corrected chi connectivity index (χ1v) is 9.15. The fourth-order valence-electron chi connectivity index (χ4n) is 4.17. The third-order valence-electron chi connectivity index (χ3n) is 5.60. The lowest BCUT2D eigenvalue weighted by molar-refractivity contribution is -0.152. The third kappa shape index (κ3) is 3.71. The van der Waals surface area contributed by atoms with Crippen molar-refractivity contribution < 1.29 is 14.3 Å². The second-order valence-corrected chi connectivity index (χ2v) is 7.30. The van der Waals surface area contributed by atoms with Crippen LogP contribution in [-0.2, 0) is 21.4 Å². The monoisotopic (exact) mass is 348 g/mol. The number of aryl methyl sites for hydroxylation is 1. The van der Waals surface area contributed by atoms with Crippen molar-refractivity contribution in [3.63, 3.8) is 0 Å². The van der Waals surface area contributed by atoms with Crippen molar-refractivity contribution in [1.82, 2.24) is 20.4 Å². The van der Waals surface area contributed by atoms with Gasteiger partial charge < -0.3 is 15.4 Å². The number of aromatic nitrogens is 2. The Hall–Kier alpha value is -1.89. The van der Waals surface area contributed by atoms with Crippen LogP contribution in [0.1, 0.15) is 50.0 Å². The van der Waals surface area contributed by atoms with Crippen LogP contribution in [0, 0.1) is 5.92 Å². The maximum absolute atomic E-state index is 13.1. The number of amides is 1. The molecular formula is C18H28N4O3. The van der Waals surface area contributed by atoms with Gasteiger partial charge in [-0.3, -0.25) is 9.48 Å². The largest absolute Gasteiger partial charge is 0.467 e. The molecule has 1 aliphatic heterocycles. The van der Waals surface area contributed by atoms with E-state index in [2.05, 4.69) is 15.7 Å². The number of nitrogens with zero attached hydrogens (tertiary/aromatic N) is 2. The topological polar surface area (TPSA) is 85.2 Å². The molecule has 1 aromatic heterocycles. The highest BCUT2D eigenvalue weighted by Gasteiger charge is 2.44. The number of carbonyl (C=O) groups excluding carboxylic acids is 2. The highest BCUT2D eigenvalue weighted by Crippen LogP contribution is 2.32. The Balaban J connectivity index is 1.77. The van der Waals surface area contributed by atoms with Gasteiger partial charge in [0.15, 0.2) is 0 Å². The van der Waals surface area contributed by atoms with E-state index in [4.69, 9.17) is 4.74 Å². The molecule has 0 spiro atoms. The number of esters is 1. The predicted molar refractivity (Wildman–Crippen MR) is 92.9 cm³/mol. The molecule has 1 aromatic rings. The molecule has 7 nitrogen and oxygen atoms in total. The van der Waals surface area contributed by atoms with E-state index in [1.165, 1.54) is 7.11 Å². The summed E-state index contributed by atoms with van der Waals surface area (Å²) >= 11 is 0. The summed E-state index contributed by atoms with van der Waals surface area (Å²) in [5.74, 6) is -0.499. The van der Waals surface area contributed by atoms with Gasteiger partial charge in [0.1, 0.15) is 5.54 Å². The Bertz CT molecular complexity index is 620. The number of hydrogen-bond donors (Lipinski definition) is 2. The molecule has 7 heteroatoms. The molecule has 2 N–H and O–H groups in total. The molecule has 2 aliphatic rings. The van der Waals surface area contributed by atoms with Crippen LogP contribution in [0.5, 0.6) is 0 Å². The van der Waals surface area contributed by atoms with Crippen LogP contribution in [0.3, 0.4) is 0 Å². The van der Waals surface area contributed by atoms with Gasteiger partial charge in [-0.2, -0.15) is 5.10 Å². The summed E-state index contributed by atoms with van der Waals surface area (Å²) in [6, 6.07) is 0. The van der Waals surface area contributed by atoms with E-state index in [9.17, 15) is 9.59 Å². The Labute approximate surface area is 148 Å². The second kappa shape index (κ2) is 7.56. The van der Waals surface area contributed by atoms with Gasteiger partial charge in [0.05, 0.1) is 19.2 Å². The van der Waals surface area contributed by atoms with Crippen LogP contribution in [0.15, 0.2) is 12.4 Å². The number of hydrogen-bond acceptors (Lipinski definition) is 5. The van der Waals surface area contributed by atoms with Gasteiger partial charge in [-0.25, -0.2) is 4.79 Å². The maximum Gasteiger partial charge on any atom is 0.331 e. The Morgan fingerprint density at radius 2 is 2.00 bits per heavy atom. The molecule has 3 rings (SSSR count). The Morgan fingerprint density at radius 1 is 1.28 bits per heavy atom. The minimum absolute atomic E-state index is 0.0637. The summed E-state index contributed by atoms with van der Waals surface area (Å²) in [7, 11) is 3.27. The highest BCUT2D eigenvalue weighted by atomic mass is 16.5. The molecule has 1 amide bonds. The van der Waals surface area contributed by atoms with Gasteiger partial charge in [-0.05, 0) is 18.4 Å². The molecule has 138 valence electrons. The molecule has 2 fully saturated rings. The molecule has 1 saturated heterocycles. The number of nitrogens with one attached hydrogen (secondary N) is 2. The first kappa shape index (κ1) is 17.9. The van der Waals surface area contributed by atoms with Gasteiger partial charge in [0, 0.05) is 32.3 Å². The van der Waals surface area contributed by atoms with Crippen molar-refractivity contribution in [2.45, 2.75) is 50.0 Å². The van der Waals surface area contributed by atoms with E-state index in [1.54, 1.807) is 4.68 Å².